The number of hydrogen-bond acceptors (Lipinski definition) is 7. The Hall–Kier alpha value is -3.51. The van der Waals surface area contributed by atoms with Crippen LogP contribution in [0.15, 0.2) is 30.3 Å². The number of rotatable bonds is 6. The molecule has 0 spiro atoms. The van der Waals surface area contributed by atoms with Crippen molar-refractivity contribution in [2.45, 2.75) is 20.3 Å². The molecule has 10 heteroatoms. The highest BCUT2D eigenvalue weighted by Crippen LogP contribution is 2.20. The Kier molecular flexibility index (Phi) is 6.04. The van der Waals surface area contributed by atoms with Crippen LogP contribution in [0.5, 0.6) is 0 Å². The predicted molar refractivity (Wildman–Crippen MR) is 105 cm³/mol. The van der Waals surface area contributed by atoms with E-state index in [-0.39, 0.29) is 24.6 Å². The fourth-order valence-electron chi connectivity index (χ4n) is 2.73. The second kappa shape index (κ2) is 8.67. The minimum absolute atomic E-state index is 0.116. The summed E-state index contributed by atoms with van der Waals surface area (Å²) in [6, 6.07) is 10.4. The van der Waals surface area contributed by atoms with Gasteiger partial charge in [-0.15, -0.1) is 5.10 Å². The van der Waals surface area contributed by atoms with Crippen molar-refractivity contribution in [1.82, 2.24) is 19.6 Å². The maximum Gasteiger partial charge on any atom is 0.378 e. The SMILES string of the molecule is Cc1cc(C)n2nc(C(=O)OCC(=O)N(CCC#N)c3cccc(Cl)c3)nc2n1. The van der Waals surface area contributed by atoms with Crippen LogP contribution in [-0.2, 0) is 9.53 Å². The summed E-state index contributed by atoms with van der Waals surface area (Å²) >= 11 is 5.98. The highest BCUT2D eigenvalue weighted by atomic mass is 35.5. The zero-order chi connectivity index (χ0) is 21.0. The van der Waals surface area contributed by atoms with Gasteiger partial charge in [-0.3, -0.25) is 4.79 Å². The molecule has 0 N–H and O–H groups in total. The molecule has 0 saturated carbocycles. The fourth-order valence-corrected chi connectivity index (χ4v) is 2.91. The Morgan fingerprint density at radius 3 is 2.79 bits per heavy atom. The first-order valence-electron chi connectivity index (χ1n) is 8.70. The van der Waals surface area contributed by atoms with E-state index in [0.717, 1.165) is 11.4 Å². The summed E-state index contributed by atoms with van der Waals surface area (Å²) in [5, 5.41) is 13.4. The molecule has 2 aromatic heterocycles. The number of carbonyl (C=O) groups is 2. The number of ether oxygens (including phenoxy) is 1. The zero-order valence-electron chi connectivity index (χ0n) is 15.8. The molecular formula is C19H17ClN6O3. The molecule has 0 aliphatic carbocycles. The number of carbonyl (C=O) groups excluding carboxylic acids is 2. The van der Waals surface area contributed by atoms with Crippen molar-refractivity contribution in [3.63, 3.8) is 0 Å². The molecule has 1 aromatic carbocycles. The molecule has 3 rings (SSSR count). The Morgan fingerprint density at radius 2 is 2.07 bits per heavy atom. The molecule has 0 atom stereocenters. The molecule has 0 unspecified atom stereocenters. The van der Waals surface area contributed by atoms with Gasteiger partial charge in [0, 0.05) is 28.6 Å². The zero-order valence-corrected chi connectivity index (χ0v) is 16.5. The lowest BCUT2D eigenvalue weighted by Crippen LogP contribution is -2.35. The number of nitrogens with zero attached hydrogens (tertiary/aromatic N) is 6. The number of amides is 1. The molecule has 0 radical (unpaired) electrons. The minimum atomic E-state index is -0.841. The molecule has 148 valence electrons. The molecular weight excluding hydrogens is 396 g/mol. The number of anilines is 1. The van der Waals surface area contributed by atoms with E-state index in [1.165, 1.54) is 9.42 Å². The summed E-state index contributed by atoms with van der Waals surface area (Å²) in [5.41, 5.74) is 2.01. The van der Waals surface area contributed by atoms with Crippen molar-refractivity contribution in [2.24, 2.45) is 0 Å². The summed E-state index contributed by atoms with van der Waals surface area (Å²) in [4.78, 5) is 34.5. The summed E-state index contributed by atoms with van der Waals surface area (Å²) < 4.78 is 6.52. The summed E-state index contributed by atoms with van der Waals surface area (Å²) in [5.74, 6) is -1.25. The number of esters is 1. The lowest BCUT2D eigenvalue weighted by atomic mass is 10.2. The van der Waals surface area contributed by atoms with Crippen LogP contribution in [0, 0.1) is 25.2 Å². The first-order chi connectivity index (χ1) is 13.9. The number of hydrogen-bond donors (Lipinski definition) is 0. The highest BCUT2D eigenvalue weighted by Gasteiger charge is 2.21. The number of fused-ring (bicyclic) bond motifs is 1. The molecule has 1 amide bonds. The van der Waals surface area contributed by atoms with Crippen LogP contribution in [-0.4, -0.2) is 44.6 Å². The van der Waals surface area contributed by atoms with Crippen LogP contribution >= 0.6 is 11.6 Å². The number of benzene rings is 1. The third-order valence-corrected chi connectivity index (χ3v) is 4.23. The lowest BCUT2D eigenvalue weighted by Gasteiger charge is -2.21. The second-order valence-corrected chi connectivity index (χ2v) is 6.63. The Bertz CT molecular complexity index is 1120. The average molecular weight is 413 g/mol. The van der Waals surface area contributed by atoms with E-state index in [1.54, 1.807) is 30.3 Å². The summed E-state index contributed by atoms with van der Waals surface area (Å²) in [6.07, 6.45) is 0.116. The van der Waals surface area contributed by atoms with Gasteiger partial charge in [-0.05, 0) is 38.1 Å². The van der Waals surface area contributed by atoms with Gasteiger partial charge >= 0.3 is 5.97 Å². The topological polar surface area (TPSA) is 113 Å². The second-order valence-electron chi connectivity index (χ2n) is 6.20. The van der Waals surface area contributed by atoms with Crippen LogP contribution in [0.1, 0.15) is 28.4 Å². The van der Waals surface area contributed by atoms with Crippen LogP contribution in [0.4, 0.5) is 5.69 Å². The van der Waals surface area contributed by atoms with Gasteiger partial charge in [0.1, 0.15) is 0 Å². The largest absolute Gasteiger partial charge is 0.450 e. The molecule has 3 aromatic rings. The summed E-state index contributed by atoms with van der Waals surface area (Å²) in [7, 11) is 0. The molecule has 2 heterocycles. The van der Waals surface area contributed by atoms with E-state index in [0.29, 0.717) is 10.7 Å². The van der Waals surface area contributed by atoms with Crippen LogP contribution < -0.4 is 4.90 Å². The molecule has 9 nitrogen and oxygen atoms in total. The summed E-state index contributed by atoms with van der Waals surface area (Å²) in [6.45, 7) is 3.23. The van der Waals surface area contributed by atoms with E-state index in [1.807, 2.05) is 19.9 Å². The van der Waals surface area contributed by atoms with Crippen LogP contribution in [0.25, 0.3) is 5.78 Å². The van der Waals surface area contributed by atoms with E-state index in [2.05, 4.69) is 15.1 Å². The third kappa shape index (κ3) is 4.67. The van der Waals surface area contributed by atoms with E-state index in [4.69, 9.17) is 21.6 Å². The molecule has 0 aliphatic rings. The Labute approximate surface area is 171 Å². The number of nitriles is 1. The smallest absolute Gasteiger partial charge is 0.378 e. The van der Waals surface area contributed by atoms with Gasteiger partial charge in [-0.1, -0.05) is 17.7 Å². The van der Waals surface area contributed by atoms with E-state index >= 15 is 0 Å². The first-order valence-corrected chi connectivity index (χ1v) is 9.08. The fraction of sp³-hybridized carbons (Fsp3) is 0.263. The minimum Gasteiger partial charge on any atom is -0.450 e. The number of halogens is 1. The van der Waals surface area contributed by atoms with Crippen molar-refractivity contribution in [1.29, 1.82) is 5.26 Å². The van der Waals surface area contributed by atoms with Gasteiger partial charge in [-0.25, -0.2) is 14.3 Å². The monoisotopic (exact) mass is 412 g/mol. The molecule has 0 bridgehead atoms. The Morgan fingerprint density at radius 1 is 1.28 bits per heavy atom. The lowest BCUT2D eigenvalue weighted by molar-refractivity contribution is -0.121. The van der Waals surface area contributed by atoms with Crippen molar-refractivity contribution >= 4 is 34.9 Å². The molecule has 0 aliphatic heterocycles. The quantitative estimate of drug-likeness (QED) is 0.571. The third-order valence-electron chi connectivity index (χ3n) is 4.00. The van der Waals surface area contributed by atoms with Crippen LogP contribution in [0.2, 0.25) is 5.02 Å². The van der Waals surface area contributed by atoms with Crippen molar-refractivity contribution in [3.05, 3.63) is 52.6 Å². The average Bonchev–Trinajstić information content (AvgIpc) is 3.11. The molecule has 0 fully saturated rings. The van der Waals surface area contributed by atoms with E-state index < -0.39 is 18.5 Å². The van der Waals surface area contributed by atoms with Gasteiger partial charge in [-0.2, -0.15) is 10.2 Å². The number of aromatic nitrogens is 4. The Balaban J connectivity index is 1.73. The van der Waals surface area contributed by atoms with Crippen molar-refractivity contribution in [2.75, 3.05) is 18.1 Å². The van der Waals surface area contributed by atoms with Gasteiger partial charge < -0.3 is 9.64 Å². The molecule has 0 saturated heterocycles. The maximum absolute atomic E-state index is 12.6. The van der Waals surface area contributed by atoms with Gasteiger partial charge in [0.05, 0.1) is 12.5 Å². The number of aryl methyl sites for hydroxylation is 2. The standard InChI is InChI=1S/C19H17ClN6O3/c1-12-9-13(2)26-19(22-12)23-17(24-26)18(28)29-11-16(27)25(8-4-7-21)15-6-3-5-14(20)10-15/h3,5-6,9-10H,4,8,11H2,1-2H3. The van der Waals surface area contributed by atoms with Gasteiger partial charge in [0.15, 0.2) is 6.61 Å². The highest BCUT2D eigenvalue weighted by molar-refractivity contribution is 6.30. The van der Waals surface area contributed by atoms with Crippen molar-refractivity contribution in [3.8, 4) is 6.07 Å². The van der Waals surface area contributed by atoms with Gasteiger partial charge in [0.25, 0.3) is 17.5 Å². The van der Waals surface area contributed by atoms with Crippen LogP contribution in [0.3, 0.4) is 0 Å². The van der Waals surface area contributed by atoms with Crippen molar-refractivity contribution < 1.29 is 14.3 Å². The normalized spacial score (nSPS) is 10.6. The molecule has 29 heavy (non-hydrogen) atoms. The predicted octanol–water partition coefficient (Wildman–Crippen LogP) is 2.50. The van der Waals surface area contributed by atoms with Gasteiger partial charge in [0.2, 0.25) is 0 Å². The first kappa shape index (κ1) is 20.2. The maximum atomic E-state index is 12.6. The van der Waals surface area contributed by atoms with E-state index in [9.17, 15) is 9.59 Å².